The third-order valence-electron chi connectivity index (χ3n) is 6.46. The van der Waals surface area contributed by atoms with Crippen molar-refractivity contribution in [1.29, 1.82) is 0 Å². The van der Waals surface area contributed by atoms with E-state index in [4.69, 9.17) is 9.47 Å². The first kappa shape index (κ1) is 24.8. The molecule has 0 bridgehead atoms. The Kier molecular flexibility index (Phi) is 8.39. The molecule has 1 saturated heterocycles. The Morgan fingerprint density at radius 3 is 2.29 bits per heavy atom. The Bertz CT molecular complexity index is 1210. The molecule has 4 rings (SSSR count). The maximum atomic E-state index is 13.1. The Morgan fingerprint density at radius 1 is 0.857 bits per heavy atom. The predicted octanol–water partition coefficient (Wildman–Crippen LogP) is 2.43. The zero-order valence-electron chi connectivity index (χ0n) is 20.6. The maximum absolute atomic E-state index is 13.1. The number of ether oxygens (including phenoxy) is 2. The van der Waals surface area contributed by atoms with E-state index in [1.807, 2.05) is 48.5 Å². The lowest BCUT2D eigenvalue weighted by atomic mass is 10.2. The van der Waals surface area contributed by atoms with Crippen molar-refractivity contribution in [3.63, 3.8) is 0 Å². The lowest BCUT2D eigenvalue weighted by Crippen LogP contribution is -2.47. The third kappa shape index (κ3) is 6.01. The lowest BCUT2D eigenvalue weighted by molar-refractivity contribution is 0.182. The number of benzene rings is 2. The molecule has 0 radical (unpaired) electrons. The highest BCUT2D eigenvalue weighted by Gasteiger charge is 2.19. The van der Waals surface area contributed by atoms with Gasteiger partial charge in [0.1, 0.15) is 5.75 Å². The number of anilines is 1. The fourth-order valence-corrected chi connectivity index (χ4v) is 4.61. The highest BCUT2D eigenvalue weighted by molar-refractivity contribution is 5.58. The van der Waals surface area contributed by atoms with Crippen molar-refractivity contribution in [2.45, 2.75) is 26.1 Å². The zero-order valence-corrected chi connectivity index (χ0v) is 20.6. The third-order valence-corrected chi connectivity index (χ3v) is 6.46. The molecule has 1 aromatic heterocycles. The van der Waals surface area contributed by atoms with E-state index in [1.165, 1.54) is 4.57 Å². The minimum atomic E-state index is -0.278. The van der Waals surface area contributed by atoms with Gasteiger partial charge in [0, 0.05) is 46.0 Å². The summed E-state index contributed by atoms with van der Waals surface area (Å²) < 4.78 is 13.7. The zero-order chi connectivity index (χ0) is 24.6. The summed E-state index contributed by atoms with van der Waals surface area (Å²) in [5, 5.41) is 0. The van der Waals surface area contributed by atoms with Gasteiger partial charge < -0.3 is 14.4 Å². The van der Waals surface area contributed by atoms with Crippen molar-refractivity contribution in [3.8, 4) is 5.75 Å². The van der Waals surface area contributed by atoms with Crippen molar-refractivity contribution in [1.82, 2.24) is 14.0 Å². The SMILES string of the molecule is COCc1cn(Cc2ccccc2)c(=O)n(CCCN2CCN(c3ccccc3OC)CC2)c1=O. The van der Waals surface area contributed by atoms with Crippen LogP contribution in [0.5, 0.6) is 5.75 Å². The summed E-state index contributed by atoms with van der Waals surface area (Å²) in [4.78, 5) is 30.8. The Labute approximate surface area is 205 Å². The van der Waals surface area contributed by atoms with Gasteiger partial charge in [0.15, 0.2) is 0 Å². The molecule has 0 N–H and O–H groups in total. The first-order chi connectivity index (χ1) is 17.1. The molecule has 0 amide bonds. The Hall–Kier alpha value is -3.36. The van der Waals surface area contributed by atoms with Crippen molar-refractivity contribution in [2.75, 3.05) is 51.8 Å². The van der Waals surface area contributed by atoms with Crippen LogP contribution < -0.4 is 20.9 Å². The number of para-hydroxylation sites is 2. The van der Waals surface area contributed by atoms with Gasteiger partial charge in [0.25, 0.3) is 5.56 Å². The molecule has 1 aliphatic heterocycles. The van der Waals surface area contributed by atoms with Crippen LogP contribution in [0.1, 0.15) is 17.5 Å². The normalized spacial score (nSPS) is 14.3. The highest BCUT2D eigenvalue weighted by atomic mass is 16.5. The quantitative estimate of drug-likeness (QED) is 0.446. The highest BCUT2D eigenvalue weighted by Crippen LogP contribution is 2.28. The molecule has 3 aromatic rings. The van der Waals surface area contributed by atoms with E-state index in [-0.39, 0.29) is 17.9 Å². The molecule has 186 valence electrons. The first-order valence-electron chi connectivity index (χ1n) is 12.1. The number of hydrogen-bond acceptors (Lipinski definition) is 6. The number of nitrogens with zero attached hydrogens (tertiary/aromatic N) is 4. The summed E-state index contributed by atoms with van der Waals surface area (Å²) in [5.74, 6) is 0.892. The van der Waals surface area contributed by atoms with Crippen LogP contribution in [0, 0.1) is 0 Å². The number of piperazine rings is 1. The minimum absolute atomic E-state index is 0.179. The molecular weight excluding hydrogens is 444 g/mol. The van der Waals surface area contributed by atoms with Gasteiger partial charge in [-0.05, 0) is 30.7 Å². The van der Waals surface area contributed by atoms with Gasteiger partial charge >= 0.3 is 5.69 Å². The summed E-state index contributed by atoms with van der Waals surface area (Å²) in [6.45, 7) is 5.49. The molecule has 8 heteroatoms. The summed E-state index contributed by atoms with van der Waals surface area (Å²) >= 11 is 0. The maximum Gasteiger partial charge on any atom is 0.331 e. The second kappa shape index (κ2) is 11.9. The van der Waals surface area contributed by atoms with Crippen LogP contribution in [-0.2, 0) is 24.4 Å². The van der Waals surface area contributed by atoms with Gasteiger partial charge in [-0.15, -0.1) is 0 Å². The van der Waals surface area contributed by atoms with E-state index in [0.29, 0.717) is 18.7 Å². The van der Waals surface area contributed by atoms with Crippen LogP contribution >= 0.6 is 0 Å². The van der Waals surface area contributed by atoms with Crippen molar-refractivity contribution >= 4 is 5.69 Å². The molecule has 0 atom stereocenters. The monoisotopic (exact) mass is 478 g/mol. The average molecular weight is 479 g/mol. The van der Waals surface area contributed by atoms with E-state index >= 15 is 0 Å². The number of rotatable bonds is 10. The second-order valence-electron chi connectivity index (χ2n) is 8.79. The van der Waals surface area contributed by atoms with Crippen LogP contribution in [0.15, 0.2) is 70.4 Å². The van der Waals surface area contributed by atoms with E-state index in [9.17, 15) is 9.59 Å². The largest absolute Gasteiger partial charge is 0.495 e. The van der Waals surface area contributed by atoms with E-state index in [2.05, 4.69) is 15.9 Å². The summed E-state index contributed by atoms with van der Waals surface area (Å²) in [6.07, 6.45) is 2.36. The Morgan fingerprint density at radius 2 is 1.57 bits per heavy atom. The predicted molar refractivity (Wildman–Crippen MR) is 137 cm³/mol. The van der Waals surface area contributed by atoms with E-state index in [0.717, 1.165) is 56.1 Å². The molecular formula is C27H34N4O4. The molecule has 2 heterocycles. The van der Waals surface area contributed by atoms with Gasteiger partial charge in [-0.1, -0.05) is 42.5 Å². The minimum Gasteiger partial charge on any atom is -0.495 e. The average Bonchev–Trinajstić information content (AvgIpc) is 2.90. The van der Waals surface area contributed by atoms with Crippen LogP contribution in [0.2, 0.25) is 0 Å². The molecule has 8 nitrogen and oxygen atoms in total. The van der Waals surface area contributed by atoms with Crippen LogP contribution in [0.25, 0.3) is 0 Å². The van der Waals surface area contributed by atoms with Crippen molar-refractivity contribution in [2.24, 2.45) is 0 Å². The van der Waals surface area contributed by atoms with Crippen LogP contribution in [0.3, 0.4) is 0 Å². The second-order valence-corrected chi connectivity index (χ2v) is 8.79. The van der Waals surface area contributed by atoms with Gasteiger partial charge in [-0.2, -0.15) is 0 Å². The molecule has 0 spiro atoms. The van der Waals surface area contributed by atoms with Crippen LogP contribution in [0.4, 0.5) is 5.69 Å². The van der Waals surface area contributed by atoms with Gasteiger partial charge in [0.05, 0.1) is 31.5 Å². The van der Waals surface area contributed by atoms with Crippen molar-refractivity contribution < 1.29 is 9.47 Å². The summed E-state index contributed by atoms with van der Waals surface area (Å²) in [7, 11) is 3.26. The van der Waals surface area contributed by atoms with Gasteiger partial charge in [-0.3, -0.25) is 18.8 Å². The molecule has 0 aliphatic carbocycles. The topological polar surface area (TPSA) is 68.9 Å². The van der Waals surface area contributed by atoms with E-state index in [1.54, 1.807) is 25.0 Å². The summed E-state index contributed by atoms with van der Waals surface area (Å²) in [5.41, 5.74) is 2.08. The number of hydrogen-bond donors (Lipinski definition) is 0. The van der Waals surface area contributed by atoms with Crippen LogP contribution in [-0.4, -0.2) is 61.0 Å². The van der Waals surface area contributed by atoms with Crippen molar-refractivity contribution in [3.05, 3.63) is 92.8 Å². The molecule has 0 saturated carbocycles. The molecule has 2 aromatic carbocycles. The molecule has 35 heavy (non-hydrogen) atoms. The number of aromatic nitrogens is 2. The van der Waals surface area contributed by atoms with E-state index < -0.39 is 0 Å². The Balaban J connectivity index is 1.39. The first-order valence-corrected chi connectivity index (χ1v) is 12.1. The summed E-state index contributed by atoms with van der Waals surface area (Å²) in [6, 6.07) is 17.9. The lowest BCUT2D eigenvalue weighted by Gasteiger charge is -2.36. The van der Waals surface area contributed by atoms with Gasteiger partial charge in [-0.25, -0.2) is 4.79 Å². The molecule has 1 fully saturated rings. The standard InChI is InChI=1S/C27H34N4O4/c1-34-21-23-20-30(19-22-9-4-3-5-10-22)27(33)31(26(23)32)14-8-13-28-15-17-29(18-16-28)24-11-6-7-12-25(24)35-2/h3-7,9-12,20H,8,13-19,21H2,1-2H3. The fourth-order valence-electron chi connectivity index (χ4n) is 4.61. The fraction of sp³-hybridized carbons (Fsp3) is 0.407. The molecule has 1 aliphatic rings. The van der Waals surface area contributed by atoms with Gasteiger partial charge in [0.2, 0.25) is 0 Å². The molecule has 0 unspecified atom stereocenters. The smallest absolute Gasteiger partial charge is 0.331 e. The number of methoxy groups -OCH3 is 2.